The average Bonchev–Trinajstić information content (AvgIpc) is 3.15. The molecule has 2 unspecified atom stereocenters. The number of anilines is 1. The molecular formula is C18H33FN4O4. The number of nitrogens with two attached hydrogens (primary N) is 2. The molecule has 0 radical (unpaired) electrons. The fraction of sp³-hybridized carbons (Fsp3) is 0.611. The molecule has 2 heterocycles. The first-order chi connectivity index (χ1) is 12.9. The molecule has 156 valence electrons. The first-order valence-corrected chi connectivity index (χ1v) is 8.98. The summed E-state index contributed by atoms with van der Waals surface area (Å²) in [6.45, 7) is 14.1. The van der Waals surface area contributed by atoms with Gasteiger partial charge in [-0.3, -0.25) is 9.36 Å². The maximum Gasteiger partial charge on any atom is 0.351 e. The van der Waals surface area contributed by atoms with Crippen LogP contribution in [0.5, 0.6) is 0 Å². The van der Waals surface area contributed by atoms with Crippen LogP contribution in [0.4, 0.5) is 10.2 Å². The highest BCUT2D eigenvalue weighted by atomic mass is 19.1. The van der Waals surface area contributed by atoms with Gasteiger partial charge in [0.1, 0.15) is 12.8 Å². The minimum Gasteiger partial charge on any atom is -0.462 e. The van der Waals surface area contributed by atoms with Gasteiger partial charge in [-0.25, -0.2) is 9.18 Å². The van der Waals surface area contributed by atoms with Gasteiger partial charge in [0.25, 0.3) is 0 Å². The molecule has 1 fully saturated rings. The molecule has 9 heteroatoms. The van der Waals surface area contributed by atoms with E-state index < -0.39 is 29.5 Å². The zero-order chi connectivity index (χ0) is 21.4. The highest BCUT2D eigenvalue weighted by Crippen LogP contribution is 2.27. The molecule has 1 aliphatic rings. The Hall–Kier alpha value is -2.26. The molecule has 0 amide bonds. The SMILES string of the molecule is C=C.CC.CCC.NCC(=O)OCC1CCC(n2cc(F)c(N)nc2=O)O1. The molecule has 0 spiro atoms. The van der Waals surface area contributed by atoms with Crippen molar-refractivity contribution in [2.75, 3.05) is 18.9 Å². The lowest BCUT2D eigenvalue weighted by atomic mass is 10.2. The van der Waals surface area contributed by atoms with E-state index >= 15 is 0 Å². The summed E-state index contributed by atoms with van der Waals surface area (Å²) in [6.07, 6.45) is 2.26. The van der Waals surface area contributed by atoms with Gasteiger partial charge < -0.3 is 20.9 Å². The fourth-order valence-electron chi connectivity index (χ4n) is 1.92. The first kappa shape index (κ1) is 27.0. The van der Waals surface area contributed by atoms with Crippen molar-refractivity contribution in [3.05, 3.63) is 35.7 Å². The van der Waals surface area contributed by atoms with Crippen LogP contribution < -0.4 is 17.2 Å². The molecule has 1 saturated heterocycles. The number of carbonyl (C=O) groups is 1. The smallest absolute Gasteiger partial charge is 0.351 e. The molecule has 1 aromatic heterocycles. The second-order valence-electron chi connectivity index (χ2n) is 5.05. The van der Waals surface area contributed by atoms with E-state index in [-0.39, 0.29) is 19.3 Å². The van der Waals surface area contributed by atoms with Gasteiger partial charge in [0.2, 0.25) is 0 Å². The molecule has 2 atom stereocenters. The zero-order valence-electron chi connectivity index (χ0n) is 16.7. The van der Waals surface area contributed by atoms with Gasteiger partial charge in [-0.15, -0.1) is 13.2 Å². The van der Waals surface area contributed by atoms with E-state index in [9.17, 15) is 14.0 Å². The number of nitrogen functional groups attached to an aromatic ring is 1. The van der Waals surface area contributed by atoms with Crippen molar-refractivity contribution < 1.29 is 18.7 Å². The lowest BCUT2D eigenvalue weighted by Crippen LogP contribution is -2.29. The number of ether oxygens (including phenoxy) is 2. The minimum absolute atomic E-state index is 0.0478. The normalized spacial score (nSPS) is 17.3. The number of rotatable bonds is 4. The number of hydrogen-bond acceptors (Lipinski definition) is 7. The molecule has 0 aliphatic carbocycles. The predicted molar refractivity (Wildman–Crippen MR) is 105 cm³/mol. The Balaban J connectivity index is 0. The van der Waals surface area contributed by atoms with Gasteiger partial charge >= 0.3 is 11.7 Å². The number of halogens is 1. The highest BCUT2D eigenvalue weighted by Gasteiger charge is 2.28. The molecule has 1 aliphatic heterocycles. The third-order valence-electron chi connectivity index (χ3n) is 2.93. The lowest BCUT2D eigenvalue weighted by Gasteiger charge is -2.15. The van der Waals surface area contributed by atoms with Crippen LogP contribution in [0.3, 0.4) is 0 Å². The Labute approximate surface area is 160 Å². The number of hydrogen-bond donors (Lipinski definition) is 2. The fourth-order valence-corrected chi connectivity index (χ4v) is 1.92. The van der Waals surface area contributed by atoms with Crippen LogP contribution >= 0.6 is 0 Å². The summed E-state index contributed by atoms with van der Waals surface area (Å²) in [5.74, 6) is -1.77. The maximum atomic E-state index is 13.3. The van der Waals surface area contributed by atoms with Crippen molar-refractivity contribution in [1.29, 1.82) is 0 Å². The Morgan fingerprint density at radius 3 is 2.48 bits per heavy atom. The van der Waals surface area contributed by atoms with Crippen LogP contribution in [0.1, 0.15) is 53.2 Å². The van der Waals surface area contributed by atoms with E-state index in [1.165, 1.54) is 6.42 Å². The van der Waals surface area contributed by atoms with Gasteiger partial charge in [0.05, 0.1) is 18.8 Å². The number of esters is 1. The van der Waals surface area contributed by atoms with Crippen LogP contribution in [0.15, 0.2) is 24.1 Å². The van der Waals surface area contributed by atoms with Crippen LogP contribution in [-0.4, -0.2) is 34.8 Å². The summed E-state index contributed by atoms with van der Waals surface area (Å²) in [4.78, 5) is 25.9. The van der Waals surface area contributed by atoms with Crippen molar-refractivity contribution in [2.24, 2.45) is 5.73 Å². The van der Waals surface area contributed by atoms with Crippen LogP contribution in [-0.2, 0) is 14.3 Å². The lowest BCUT2D eigenvalue weighted by molar-refractivity contribution is -0.146. The first-order valence-electron chi connectivity index (χ1n) is 8.98. The molecule has 1 aromatic rings. The zero-order valence-corrected chi connectivity index (χ0v) is 16.7. The van der Waals surface area contributed by atoms with Gasteiger partial charge in [-0.1, -0.05) is 34.1 Å². The van der Waals surface area contributed by atoms with Crippen molar-refractivity contribution in [3.63, 3.8) is 0 Å². The van der Waals surface area contributed by atoms with Crippen LogP contribution in [0.25, 0.3) is 0 Å². The summed E-state index contributed by atoms with van der Waals surface area (Å²) >= 11 is 0. The van der Waals surface area contributed by atoms with E-state index in [4.69, 9.17) is 20.9 Å². The Kier molecular flexibility index (Phi) is 15.9. The van der Waals surface area contributed by atoms with Gasteiger partial charge in [-0.05, 0) is 12.8 Å². The average molecular weight is 388 g/mol. The van der Waals surface area contributed by atoms with E-state index in [0.717, 1.165) is 10.8 Å². The largest absolute Gasteiger partial charge is 0.462 e. The van der Waals surface area contributed by atoms with Gasteiger partial charge in [0, 0.05) is 0 Å². The third-order valence-corrected chi connectivity index (χ3v) is 2.93. The van der Waals surface area contributed by atoms with E-state index in [1.807, 2.05) is 13.8 Å². The van der Waals surface area contributed by atoms with E-state index in [2.05, 4.69) is 32.0 Å². The Morgan fingerprint density at radius 2 is 1.96 bits per heavy atom. The molecule has 27 heavy (non-hydrogen) atoms. The number of carbonyl (C=O) groups excluding carboxylic acids is 1. The topological polar surface area (TPSA) is 122 Å². The molecule has 2 rings (SSSR count). The number of aromatic nitrogens is 2. The Bertz CT molecular complexity index is 595. The minimum atomic E-state index is -0.786. The quantitative estimate of drug-likeness (QED) is 0.600. The van der Waals surface area contributed by atoms with E-state index in [1.54, 1.807) is 0 Å². The van der Waals surface area contributed by atoms with Crippen molar-refractivity contribution >= 4 is 11.8 Å². The van der Waals surface area contributed by atoms with Crippen LogP contribution in [0, 0.1) is 5.82 Å². The predicted octanol–water partition coefficient (Wildman–Crippen LogP) is 2.39. The standard InChI is InChI=1S/C11H15FN4O4.C3H8.C2H6.C2H4/c12-7-4-16(11(18)15-10(7)14)8-2-1-6(20-8)5-19-9(17)3-13;1-3-2;2*1-2/h4,6,8H,1-3,5,13H2,(H2,14,15,18);3H2,1-2H3;1-2H3;1-2H2. The van der Waals surface area contributed by atoms with Crippen molar-refractivity contribution in [2.45, 2.75) is 59.3 Å². The third kappa shape index (κ3) is 9.86. The summed E-state index contributed by atoms with van der Waals surface area (Å²) < 4.78 is 24.7. The summed E-state index contributed by atoms with van der Waals surface area (Å²) in [5.41, 5.74) is 9.62. The summed E-state index contributed by atoms with van der Waals surface area (Å²) in [5, 5.41) is 0. The van der Waals surface area contributed by atoms with E-state index in [0.29, 0.717) is 12.8 Å². The van der Waals surface area contributed by atoms with Gasteiger partial charge in [0.15, 0.2) is 11.6 Å². The number of nitrogens with zero attached hydrogens (tertiary/aromatic N) is 2. The monoisotopic (exact) mass is 388 g/mol. The molecule has 4 N–H and O–H groups in total. The molecular weight excluding hydrogens is 355 g/mol. The molecule has 8 nitrogen and oxygen atoms in total. The second-order valence-corrected chi connectivity index (χ2v) is 5.05. The molecule has 0 aromatic carbocycles. The Morgan fingerprint density at radius 1 is 1.41 bits per heavy atom. The maximum absolute atomic E-state index is 13.3. The summed E-state index contributed by atoms with van der Waals surface area (Å²) in [7, 11) is 0. The van der Waals surface area contributed by atoms with Crippen molar-refractivity contribution in [1.82, 2.24) is 9.55 Å². The van der Waals surface area contributed by atoms with Crippen LogP contribution in [0.2, 0.25) is 0 Å². The second kappa shape index (κ2) is 16.0. The molecule has 0 bridgehead atoms. The van der Waals surface area contributed by atoms with Crippen molar-refractivity contribution in [3.8, 4) is 0 Å². The summed E-state index contributed by atoms with van der Waals surface area (Å²) in [6, 6.07) is 0. The highest BCUT2D eigenvalue weighted by molar-refractivity contribution is 5.71. The van der Waals surface area contributed by atoms with Gasteiger partial charge in [-0.2, -0.15) is 4.98 Å². The molecule has 0 saturated carbocycles.